The number of fused-ring (bicyclic) bond motifs is 5. The van der Waals surface area contributed by atoms with Gasteiger partial charge in [-0.1, -0.05) is 12.1 Å². The minimum atomic E-state index is 0.665. The summed E-state index contributed by atoms with van der Waals surface area (Å²) in [4.78, 5) is 9.45. The van der Waals surface area contributed by atoms with Crippen molar-refractivity contribution in [3.63, 3.8) is 0 Å². The summed E-state index contributed by atoms with van der Waals surface area (Å²) in [6, 6.07) is 19.5. The number of benzene rings is 2. The van der Waals surface area contributed by atoms with E-state index in [4.69, 9.17) is 5.26 Å². The van der Waals surface area contributed by atoms with Gasteiger partial charge in [0.1, 0.15) is 6.33 Å². The lowest BCUT2D eigenvalue weighted by Crippen LogP contribution is -2.42. The molecule has 0 saturated carbocycles. The molecule has 7 nitrogen and oxygen atoms in total. The Morgan fingerprint density at radius 2 is 1.79 bits per heavy atom. The van der Waals surface area contributed by atoms with Crippen LogP contribution in [0.1, 0.15) is 24.0 Å². The molecule has 6 rings (SSSR count). The molecular weight excluding hydrogens is 422 g/mol. The van der Waals surface area contributed by atoms with Crippen LogP contribution in [0.25, 0.3) is 28.3 Å². The number of nitriles is 1. The summed E-state index contributed by atoms with van der Waals surface area (Å²) in [5, 5.41) is 13.7. The molecule has 0 N–H and O–H groups in total. The number of anilines is 1. The van der Waals surface area contributed by atoms with Crippen molar-refractivity contribution in [1.29, 1.82) is 5.26 Å². The van der Waals surface area contributed by atoms with Crippen molar-refractivity contribution in [2.24, 2.45) is 0 Å². The second kappa shape index (κ2) is 8.15. The highest BCUT2D eigenvalue weighted by atomic mass is 15.4. The average Bonchev–Trinajstić information content (AvgIpc) is 3.49. The van der Waals surface area contributed by atoms with E-state index < -0.39 is 0 Å². The van der Waals surface area contributed by atoms with Gasteiger partial charge in [-0.25, -0.2) is 9.67 Å². The van der Waals surface area contributed by atoms with Crippen molar-refractivity contribution in [3.8, 4) is 34.4 Å². The lowest BCUT2D eigenvalue weighted by Gasteiger charge is -2.36. The third-order valence-corrected chi connectivity index (χ3v) is 7.21. The van der Waals surface area contributed by atoms with Gasteiger partial charge in [0.2, 0.25) is 0 Å². The zero-order valence-electron chi connectivity index (χ0n) is 19.5. The highest BCUT2D eigenvalue weighted by molar-refractivity contribution is 5.72. The minimum Gasteiger partial charge on any atom is -0.371 e. The van der Waals surface area contributed by atoms with E-state index in [1.54, 1.807) is 6.33 Å². The smallest absolute Gasteiger partial charge is 0.179 e. The predicted octanol–water partition coefficient (Wildman–Crippen LogP) is 4.17. The SMILES string of the molecule is CN(C)C1CCN(c2ccc3c(c2)Cn2cc(-c4ccc(C#N)cc4)cc2-c2ncnn2-3)CC1. The molecular formula is C27H27N7. The second-order valence-corrected chi connectivity index (χ2v) is 9.42. The molecule has 4 aromatic rings. The molecule has 2 aromatic carbocycles. The van der Waals surface area contributed by atoms with Gasteiger partial charge in [0.15, 0.2) is 5.82 Å². The Morgan fingerprint density at radius 3 is 2.53 bits per heavy atom. The van der Waals surface area contributed by atoms with Crippen LogP contribution in [-0.4, -0.2) is 57.5 Å². The number of aromatic nitrogens is 4. The standard InChI is InChI=1S/C27H27N7/c1-31(2)23-9-11-32(12-10-23)24-7-8-25-22(13-24)17-33-16-21(20-5-3-19(15-28)4-6-20)14-26(33)27-29-18-30-34(25)27/h3-8,13-14,16,18,23H,9-12,17H2,1-2H3. The van der Waals surface area contributed by atoms with Crippen LogP contribution < -0.4 is 4.90 Å². The van der Waals surface area contributed by atoms with Gasteiger partial charge in [-0.15, -0.1) is 0 Å². The topological polar surface area (TPSA) is 65.9 Å². The Balaban J connectivity index is 1.36. The summed E-state index contributed by atoms with van der Waals surface area (Å²) in [7, 11) is 4.36. The first-order valence-electron chi connectivity index (χ1n) is 11.8. The van der Waals surface area contributed by atoms with Gasteiger partial charge < -0.3 is 14.4 Å². The summed E-state index contributed by atoms with van der Waals surface area (Å²) < 4.78 is 4.22. The summed E-state index contributed by atoms with van der Waals surface area (Å²) in [5.41, 5.74) is 7.51. The van der Waals surface area contributed by atoms with Crippen molar-refractivity contribution in [3.05, 3.63) is 72.2 Å². The molecule has 0 spiro atoms. The maximum Gasteiger partial charge on any atom is 0.179 e. The van der Waals surface area contributed by atoms with E-state index in [9.17, 15) is 0 Å². The quantitative estimate of drug-likeness (QED) is 0.414. The molecule has 7 heteroatoms. The van der Waals surface area contributed by atoms with E-state index in [1.807, 2.05) is 28.9 Å². The summed E-state index contributed by atoms with van der Waals surface area (Å²) >= 11 is 0. The van der Waals surface area contributed by atoms with E-state index in [0.717, 1.165) is 48.0 Å². The molecule has 0 bridgehead atoms. The Bertz CT molecular complexity index is 1380. The van der Waals surface area contributed by atoms with Gasteiger partial charge in [-0.2, -0.15) is 10.4 Å². The predicted molar refractivity (Wildman–Crippen MR) is 133 cm³/mol. The molecule has 0 amide bonds. The zero-order chi connectivity index (χ0) is 23.2. The maximum atomic E-state index is 9.12. The van der Waals surface area contributed by atoms with Crippen molar-refractivity contribution in [2.45, 2.75) is 25.4 Å². The van der Waals surface area contributed by atoms with Crippen LogP contribution in [0.4, 0.5) is 5.69 Å². The molecule has 0 aliphatic carbocycles. The first kappa shape index (κ1) is 20.7. The van der Waals surface area contributed by atoms with Gasteiger partial charge in [-0.3, -0.25) is 0 Å². The Labute approximate surface area is 199 Å². The normalized spacial score (nSPS) is 15.4. The van der Waals surface area contributed by atoms with E-state index in [-0.39, 0.29) is 0 Å². The van der Waals surface area contributed by atoms with Crippen LogP contribution in [0.15, 0.2) is 61.1 Å². The molecule has 170 valence electrons. The molecule has 2 aromatic heterocycles. The van der Waals surface area contributed by atoms with Gasteiger partial charge in [0.25, 0.3) is 0 Å². The number of rotatable bonds is 3. The minimum absolute atomic E-state index is 0.665. The van der Waals surface area contributed by atoms with E-state index in [1.165, 1.54) is 24.1 Å². The lowest BCUT2D eigenvalue weighted by atomic mass is 10.0. The van der Waals surface area contributed by atoms with Crippen LogP contribution in [0.5, 0.6) is 0 Å². The Hall–Kier alpha value is -3.89. The zero-order valence-corrected chi connectivity index (χ0v) is 19.5. The monoisotopic (exact) mass is 449 g/mol. The lowest BCUT2D eigenvalue weighted by molar-refractivity contribution is 0.249. The van der Waals surface area contributed by atoms with Gasteiger partial charge in [0, 0.05) is 43.1 Å². The molecule has 0 unspecified atom stereocenters. The largest absolute Gasteiger partial charge is 0.371 e. The van der Waals surface area contributed by atoms with Crippen molar-refractivity contribution in [2.75, 3.05) is 32.1 Å². The highest BCUT2D eigenvalue weighted by Gasteiger charge is 2.25. The van der Waals surface area contributed by atoms with Crippen molar-refractivity contribution >= 4 is 5.69 Å². The molecule has 0 atom stereocenters. The molecule has 0 radical (unpaired) electrons. The van der Waals surface area contributed by atoms with Gasteiger partial charge >= 0.3 is 0 Å². The molecule has 1 saturated heterocycles. The average molecular weight is 450 g/mol. The van der Waals surface area contributed by atoms with Crippen LogP contribution in [0, 0.1) is 11.3 Å². The number of piperidine rings is 1. The van der Waals surface area contributed by atoms with Crippen LogP contribution >= 0.6 is 0 Å². The van der Waals surface area contributed by atoms with Crippen LogP contribution in [-0.2, 0) is 6.54 Å². The third kappa shape index (κ3) is 3.47. The van der Waals surface area contributed by atoms with Gasteiger partial charge in [0.05, 0.1) is 23.0 Å². The van der Waals surface area contributed by atoms with Crippen LogP contribution in [0.2, 0.25) is 0 Å². The summed E-state index contributed by atoms with van der Waals surface area (Å²) in [6.07, 6.45) is 6.18. The third-order valence-electron chi connectivity index (χ3n) is 7.21. The second-order valence-electron chi connectivity index (χ2n) is 9.42. The molecule has 4 heterocycles. The first-order valence-corrected chi connectivity index (χ1v) is 11.8. The Kier molecular flexibility index (Phi) is 4.96. The molecule has 2 aliphatic rings. The number of hydrogen-bond donors (Lipinski definition) is 0. The fourth-order valence-corrected chi connectivity index (χ4v) is 5.24. The summed E-state index contributed by atoms with van der Waals surface area (Å²) in [6.45, 7) is 2.91. The number of hydrogen-bond acceptors (Lipinski definition) is 5. The number of nitrogens with zero attached hydrogens (tertiary/aromatic N) is 7. The molecule has 2 aliphatic heterocycles. The highest BCUT2D eigenvalue weighted by Crippen LogP contribution is 2.35. The van der Waals surface area contributed by atoms with E-state index in [2.05, 4.69) is 75.1 Å². The molecule has 34 heavy (non-hydrogen) atoms. The van der Waals surface area contributed by atoms with E-state index >= 15 is 0 Å². The fraction of sp³-hybridized carbons (Fsp3) is 0.296. The van der Waals surface area contributed by atoms with Crippen molar-refractivity contribution < 1.29 is 0 Å². The van der Waals surface area contributed by atoms with E-state index in [0.29, 0.717) is 11.6 Å². The van der Waals surface area contributed by atoms with Gasteiger partial charge in [-0.05, 0) is 74.5 Å². The molecule has 1 fully saturated rings. The van der Waals surface area contributed by atoms with Crippen LogP contribution in [0.3, 0.4) is 0 Å². The summed E-state index contributed by atoms with van der Waals surface area (Å²) in [5.74, 6) is 0.846. The maximum absolute atomic E-state index is 9.12. The fourth-order valence-electron chi connectivity index (χ4n) is 5.24. The first-order chi connectivity index (χ1) is 16.6. The Morgan fingerprint density at radius 1 is 1.00 bits per heavy atom. The van der Waals surface area contributed by atoms with Crippen molar-refractivity contribution in [1.82, 2.24) is 24.2 Å².